The Morgan fingerprint density at radius 2 is 2.07 bits per heavy atom. The summed E-state index contributed by atoms with van der Waals surface area (Å²) in [5, 5.41) is 11.9. The smallest absolute Gasteiger partial charge is 0.335 e. The molecule has 0 aliphatic heterocycles. The lowest BCUT2D eigenvalue weighted by molar-refractivity contribution is 0.0697. The molecule has 82 valence electrons. The van der Waals surface area contributed by atoms with Gasteiger partial charge in [0.1, 0.15) is 0 Å². The summed E-state index contributed by atoms with van der Waals surface area (Å²) < 4.78 is 4.98. The summed E-state index contributed by atoms with van der Waals surface area (Å²) in [5.41, 5.74) is 1.18. The minimum Gasteiger partial charge on any atom is -0.478 e. The molecule has 0 aliphatic rings. The third-order valence-electron chi connectivity index (χ3n) is 1.96. The zero-order valence-corrected chi connectivity index (χ0v) is 8.86. The zero-order valence-electron chi connectivity index (χ0n) is 8.86. The van der Waals surface area contributed by atoms with E-state index in [2.05, 4.69) is 5.32 Å². The van der Waals surface area contributed by atoms with E-state index in [0.29, 0.717) is 12.2 Å². The van der Waals surface area contributed by atoms with Crippen molar-refractivity contribution in [3.05, 3.63) is 29.8 Å². The highest BCUT2D eigenvalue weighted by atomic mass is 16.5. The van der Waals surface area contributed by atoms with E-state index in [9.17, 15) is 4.79 Å². The number of rotatable bonds is 5. The van der Waals surface area contributed by atoms with Crippen molar-refractivity contribution >= 4 is 11.7 Å². The van der Waals surface area contributed by atoms with Crippen LogP contribution >= 0.6 is 0 Å². The first-order chi connectivity index (χ1) is 7.13. The molecule has 1 aromatic rings. The highest BCUT2D eigenvalue weighted by molar-refractivity contribution is 5.87. The van der Waals surface area contributed by atoms with Crippen molar-refractivity contribution in [1.29, 1.82) is 0 Å². The lowest BCUT2D eigenvalue weighted by atomic mass is 10.2. The lowest BCUT2D eigenvalue weighted by Crippen LogP contribution is -2.20. The molecule has 4 nitrogen and oxygen atoms in total. The van der Waals surface area contributed by atoms with Gasteiger partial charge in [-0.15, -0.1) is 0 Å². The summed E-state index contributed by atoms with van der Waals surface area (Å²) in [7, 11) is 1.64. The van der Waals surface area contributed by atoms with Gasteiger partial charge in [0.15, 0.2) is 0 Å². The topological polar surface area (TPSA) is 58.6 Å². The van der Waals surface area contributed by atoms with Crippen LogP contribution < -0.4 is 5.32 Å². The summed E-state index contributed by atoms with van der Waals surface area (Å²) in [6, 6.07) is 6.84. The molecule has 1 atom stereocenters. The predicted octanol–water partition coefficient (Wildman–Crippen LogP) is 1.83. The molecule has 0 radical (unpaired) electrons. The molecule has 0 fully saturated rings. The molecule has 0 heterocycles. The maximum Gasteiger partial charge on any atom is 0.335 e. The van der Waals surface area contributed by atoms with Crippen molar-refractivity contribution in [2.45, 2.75) is 13.0 Å². The van der Waals surface area contributed by atoms with Crippen LogP contribution in [0.25, 0.3) is 0 Å². The zero-order chi connectivity index (χ0) is 11.3. The lowest BCUT2D eigenvalue weighted by Gasteiger charge is -2.13. The molecule has 0 aliphatic carbocycles. The Morgan fingerprint density at radius 3 is 2.53 bits per heavy atom. The van der Waals surface area contributed by atoms with E-state index in [1.807, 2.05) is 6.92 Å². The molecule has 15 heavy (non-hydrogen) atoms. The molecule has 0 spiro atoms. The molecule has 2 N–H and O–H groups in total. The predicted molar refractivity (Wildman–Crippen MR) is 58.4 cm³/mol. The van der Waals surface area contributed by atoms with Gasteiger partial charge in [-0.25, -0.2) is 4.79 Å². The van der Waals surface area contributed by atoms with Crippen LogP contribution in [0.5, 0.6) is 0 Å². The van der Waals surface area contributed by atoms with E-state index >= 15 is 0 Å². The van der Waals surface area contributed by atoms with Gasteiger partial charge in [-0.3, -0.25) is 0 Å². The second-order valence-corrected chi connectivity index (χ2v) is 3.38. The number of anilines is 1. The van der Waals surface area contributed by atoms with Crippen LogP contribution in [0, 0.1) is 0 Å². The second kappa shape index (κ2) is 5.36. The molecule has 4 heteroatoms. The van der Waals surface area contributed by atoms with Crippen LogP contribution in [0.4, 0.5) is 5.69 Å². The number of hydrogen-bond acceptors (Lipinski definition) is 3. The monoisotopic (exact) mass is 209 g/mol. The Kier molecular flexibility index (Phi) is 4.12. The van der Waals surface area contributed by atoms with Crippen LogP contribution in [0.3, 0.4) is 0 Å². The van der Waals surface area contributed by atoms with Crippen molar-refractivity contribution < 1.29 is 14.6 Å². The molecule has 0 saturated carbocycles. The summed E-state index contributed by atoms with van der Waals surface area (Å²) in [6.45, 7) is 2.61. The van der Waals surface area contributed by atoms with Gasteiger partial charge in [0, 0.05) is 18.8 Å². The maximum absolute atomic E-state index is 10.6. The standard InChI is InChI=1S/C11H15NO3/c1-8(7-15-2)12-10-5-3-9(4-6-10)11(13)14/h3-6,8,12H,7H2,1-2H3,(H,13,14). The molecule has 0 bridgehead atoms. The van der Waals surface area contributed by atoms with Crippen LogP contribution in [0.15, 0.2) is 24.3 Å². The van der Waals surface area contributed by atoms with E-state index in [-0.39, 0.29) is 6.04 Å². The third-order valence-corrected chi connectivity index (χ3v) is 1.96. The summed E-state index contributed by atoms with van der Waals surface area (Å²) in [6.07, 6.45) is 0. The van der Waals surface area contributed by atoms with Crippen LogP contribution in [0.2, 0.25) is 0 Å². The number of carboxylic acid groups (broad SMARTS) is 1. The molecule has 0 saturated heterocycles. The Hall–Kier alpha value is -1.55. The minimum absolute atomic E-state index is 0.200. The van der Waals surface area contributed by atoms with Gasteiger partial charge in [0.05, 0.1) is 12.2 Å². The number of methoxy groups -OCH3 is 1. The molecule has 1 unspecified atom stereocenters. The average Bonchev–Trinajstić information content (AvgIpc) is 2.18. The fourth-order valence-corrected chi connectivity index (χ4v) is 1.29. The Morgan fingerprint density at radius 1 is 1.47 bits per heavy atom. The SMILES string of the molecule is COCC(C)Nc1ccc(C(=O)O)cc1. The van der Waals surface area contributed by atoms with E-state index in [0.717, 1.165) is 5.69 Å². The average molecular weight is 209 g/mol. The number of carboxylic acids is 1. The van der Waals surface area contributed by atoms with E-state index in [4.69, 9.17) is 9.84 Å². The molecule has 1 aromatic carbocycles. The molecular weight excluding hydrogens is 194 g/mol. The first kappa shape index (κ1) is 11.5. The Labute approximate surface area is 88.9 Å². The van der Waals surface area contributed by atoms with Crippen molar-refractivity contribution in [2.75, 3.05) is 19.0 Å². The quantitative estimate of drug-likeness (QED) is 0.776. The van der Waals surface area contributed by atoms with Gasteiger partial charge in [-0.1, -0.05) is 0 Å². The molecule has 0 aromatic heterocycles. The number of carbonyl (C=O) groups is 1. The van der Waals surface area contributed by atoms with Gasteiger partial charge in [-0.05, 0) is 31.2 Å². The molecular formula is C11H15NO3. The van der Waals surface area contributed by atoms with Crippen molar-refractivity contribution in [3.8, 4) is 0 Å². The number of aromatic carboxylic acids is 1. The summed E-state index contributed by atoms with van der Waals surface area (Å²) in [4.78, 5) is 10.6. The van der Waals surface area contributed by atoms with Crippen LogP contribution in [-0.2, 0) is 4.74 Å². The Balaban J connectivity index is 2.60. The van der Waals surface area contributed by atoms with E-state index in [1.165, 1.54) is 0 Å². The van der Waals surface area contributed by atoms with Crippen LogP contribution in [-0.4, -0.2) is 30.8 Å². The molecule has 0 amide bonds. The minimum atomic E-state index is -0.911. The maximum atomic E-state index is 10.6. The second-order valence-electron chi connectivity index (χ2n) is 3.38. The van der Waals surface area contributed by atoms with Gasteiger partial charge < -0.3 is 15.2 Å². The highest BCUT2D eigenvalue weighted by Crippen LogP contribution is 2.10. The summed E-state index contributed by atoms with van der Waals surface area (Å²) >= 11 is 0. The van der Waals surface area contributed by atoms with Crippen LogP contribution in [0.1, 0.15) is 17.3 Å². The first-order valence-corrected chi connectivity index (χ1v) is 4.72. The van der Waals surface area contributed by atoms with E-state index < -0.39 is 5.97 Å². The third kappa shape index (κ3) is 3.59. The molecule has 1 rings (SSSR count). The Bertz CT molecular complexity index is 321. The first-order valence-electron chi connectivity index (χ1n) is 4.72. The number of nitrogens with one attached hydrogen (secondary N) is 1. The van der Waals surface area contributed by atoms with Gasteiger partial charge >= 0.3 is 5.97 Å². The normalized spacial score (nSPS) is 12.1. The van der Waals surface area contributed by atoms with Crippen molar-refractivity contribution in [3.63, 3.8) is 0 Å². The van der Waals surface area contributed by atoms with Gasteiger partial charge in [0.25, 0.3) is 0 Å². The highest BCUT2D eigenvalue weighted by Gasteiger charge is 2.03. The largest absolute Gasteiger partial charge is 0.478 e. The van der Waals surface area contributed by atoms with E-state index in [1.54, 1.807) is 31.4 Å². The van der Waals surface area contributed by atoms with Gasteiger partial charge in [-0.2, -0.15) is 0 Å². The number of benzene rings is 1. The van der Waals surface area contributed by atoms with Gasteiger partial charge in [0.2, 0.25) is 0 Å². The fourth-order valence-electron chi connectivity index (χ4n) is 1.29. The number of hydrogen-bond donors (Lipinski definition) is 2. The fraction of sp³-hybridized carbons (Fsp3) is 0.364. The summed E-state index contributed by atoms with van der Waals surface area (Å²) in [5.74, 6) is -0.911. The van der Waals surface area contributed by atoms with Crippen molar-refractivity contribution in [1.82, 2.24) is 0 Å². The van der Waals surface area contributed by atoms with Crippen molar-refractivity contribution in [2.24, 2.45) is 0 Å². The number of ether oxygens (including phenoxy) is 1.